The molecule has 1 aliphatic heterocycles. The van der Waals surface area contributed by atoms with E-state index in [1.54, 1.807) is 0 Å². The van der Waals surface area contributed by atoms with Gasteiger partial charge in [-0.15, -0.1) is 0 Å². The van der Waals surface area contributed by atoms with Crippen LogP contribution in [0.15, 0.2) is 0 Å². The van der Waals surface area contributed by atoms with Gasteiger partial charge in [0.2, 0.25) is 0 Å². The molecule has 1 aliphatic rings. The number of rotatable bonds is 13. The number of hydrogen-bond donors (Lipinski definition) is 0. The van der Waals surface area contributed by atoms with Gasteiger partial charge in [0.05, 0.1) is 13.2 Å². The van der Waals surface area contributed by atoms with Crippen molar-refractivity contribution in [3.63, 3.8) is 0 Å². The third kappa shape index (κ3) is 7.64. The first-order chi connectivity index (χ1) is 9.83. The second-order valence-corrected chi connectivity index (χ2v) is 6.29. The Kier molecular flexibility index (Phi) is 10.4. The molecule has 20 heavy (non-hydrogen) atoms. The molecule has 2 heteroatoms. The van der Waals surface area contributed by atoms with Gasteiger partial charge < -0.3 is 9.47 Å². The minimum atomic E-state index is -0.211. The van der Waals surface area contributed by atoms with Gasteiger partial charge in [0.25, 0.3) is 0 Å². The maximum atomic E-state index is 5.92. The summed E-state index contributed by atoms with van der Waals surface area (Å²) in [5.41, 5.74) is 0. The summed E-state index contributed by atoms with van der Waals surface area (Å²) < 4.78 is 11.8. The van der Waals surface area contributed by atoms with Crippen molar-refractivity contribution in [1.29, 1.82) is 0 Å². The molecule has 2 nitrogen and oxygen atoms in total. The minimum Gasteiger partial charge on any atom is -0.348 e. The van der Waals surface area contributed by atoms with Crippen molar-refractivity contribution in [2.24, 2.45) is 0 Å². The first-order valence-electron chi connectivity index (χ1n) is 9.11. The van der Waals surface area contributed by atoms with Crippen LogP contribution in [0.25, 0.3) is 0 Å². The maximum absolute atomic E-state index is 5.92. The molecule has 0 bridgehead atoms. The van der Waals surface area contributed by atoms with Crippen LogP contribution in [0.1, 0.15) is 97.3 Å². The lowest BCUT2D eigenvalue weighted by atomic mass is 9.99. The molecule has 0 atom stereocenters. The van der Waals surface area contributed by atoms with E-state index in [1.807, 2.05) is 0 Å². The quantitative estimate of drug-likeness (QED) is 0.395. The molecule has 0 aromatic carbocycles. The molecule has 1 fully saturated rings. The lowest BCUT2D eigenvalue weighted by Gasteiger charge is -2.27. The van der Waals surface area contributed by atoms with E-state index in [2.05, 4.69) is 13.8 Å². The van der Waals surface area contributed by atoms with Gasteiger partial charge in [-0.2, -0.15) is 0 Å². The topological polar surface area (TPSA) is 18.5 Å². The fourth-order valence-electron chi connectivity index (χ4n) is 3.08. The highest BCUT2D eigenvalue weighted by molar-refractivity contribution is 4.74. The molecule has 1 saturated heterocycles. The summed E-state index contributed by atoms with van der Waals surface area (Å²) in [6, 6.07) is 0. The molecular weight excluding hydrogens is 248 g/mol. The highest BCUT2D eigenvalue weighted by Crippen LogP contribution is 2.31. The zero-order valence-corrected chi connectivity index (χ0v) is 13.9. The normalized spacial score (nSPS) is 17.7. The van der Waals surface area contributed by atoms with E-state index in [0.717, 1.165) is 26.1 Å². The molecule has 1 heterocycles. The Bertz CT molecular complexity index is 209. The van der Waals surface area contributed by atoms with Crippen LogP contribution in [0.2, 0.25) is 0 Å². The molecular formula is C18H36O2. The van der Waals surface area contributed by atoms with Crippen LogP contribution >= 0.6 is 0 Å². The highest BCUT2D eigenvalue weighted by atomic mass is 16.7. The van der Waals surface area contributed by atoms with Crippen LogP contribution in [-0.4, -0.2) is 19.0 Å². The third-order valence-electron chi connectivity index (χ3n) is 4.39. The van der Waals surface area contributed by atoms with Crippen molar-refractivity contribution in [3.8, 4) is 0 Å². The standard InChI is InChI=1S/C18H36O2/c1-3-5-7-8-9-10-11-13-15-18(14-12-6-4-2)19-16-17-20-18/h3-17H2,1-2H3. The van der Waals surface area contributed by atoms with E-state index < -0.39 is 0 Å². The average molecular weight is 284 g/mol. The Morgan fingerprint density at radius 3 is 1.55 bits per heavy atom. The lowest BCUT2D eigenvalue weighted by molar-refractivity contribution is -0.168. The van der Waals surface area contributed by atoms with Gasteiger partial charge in [0.1, 0.15) is 0 Å². The molecule has 0 aliphatic carbocycles. The van der Waals surface area contributed by atoms with Crippen molar-refractivity contribution < 1.29 is 9.47 Å². The van der Waals surface area contributed by atoms with Crippen LogP contribution in [0.5, 0.6) is 0 Å². The van der Waals surface area contributed by atoms with E-state index in [-0.39, 0.29) is 5.79 Å². The lowest BCUT2D eigenvalue weighted by Crippen LogP contribution is -2.30. The second kappa shape index (κ2) is 11.6. The van der Waals surface area contributed by atoms with Gasteiger partial charge in [-0.3, -0.25) is 0 Å². The average Bonchev–Trinajstić information content (AvgIpc) is 2.91. The molecule has 0 N–H and O–H groups in total. The van der Waals surface area contributed by atoms with Crippen LogP contribution in [0.3, 0.4) is 0 Å². The molecule has 120 valence electrons. The van der Waals surface area contributed by atoms with E-state index >= 15 is 0 Å². The van der Waals surface area contributed by atoms with Crippen LogP contribution in [0.4, 0.5) is 0 Å². The number of ether oxygens (including phenoxy) is 2. The van der Waals surface area contributed by atoms with Crippen molar-refractivity contribution in [3.05, 3.63) is 0 Å². The molecule has 0 aromatic heterocycles. The predicted octanol–water partition coefficient (Wildman–Crippen LogP) is 5.84. The van der Waals surface area contributed by atoms with Gasteiger partial charge >= 0.3 is 0 Å². The summed E-state index contributed by atoms with van der Waals surface area (Å²) in [6.07, 6.45) is 17.0. The minimum absolute atomic E-state index is 0.211. The molecule has 0 spiro atoms. The largest absolute Gasteiger partial charge is 0.348 e. The summed E-state index contributed by atoms with van der Waals surface area (Å²) in [4.78, 5) is 0. The molecule has 0 radical (unpaired) electrons. The van der Waals surface area contributed by atoms with Gasteiger partial charge in [0, 0.05) is 12.8 Å². The Morgan fingerprint density at radius 1 is 0.600 bits per heavy atom. The summed E-state index contributed by atoms with van der Waals surface area (Å²) in [7, 11) is 0. The Hall–Kier alpha value is -0.0800. The predicted molar refractivity (Wildman–Crippen MR) is 86.0 cm³/mol. The summed E-state index contributed by atoms with van der Waals surface area (Å²) >= 11 is 0. The fourth-order valence-corrected chi connectivity index (χ4v) is 3.08. The van der Waals surface area contributed by atoms with E-state index in [0.29, 0.717) is 0 Å². The van der Waals surface area contributed by atoms with E-state index in [1.165, 1.54) is 70.6 Å². The van der Waals surface area contributed by atoms with Gasteiger partial charge in [0.15, 0.2) is 5.79 Å². The zero-order chi connectivity index (χ0) is 14.5. The van der Waals surface area contributed by atoms with Crippen LogP contribution < -0.4 is 0 Å². The van der Waals surface area contributed by atoms with Crippen molar-refractivity contribution in [2.75, 3.05) is 13.2 Å². The highest BCUT2D eigenvalue weighted by Gasteiger charge is 2.34. The summed E-state index contributed by atoms with van der Waals surface area (Å²) in [5, 5.41) is 0. The maximum Gasteiger partial charge on any atom is 0.168 e. The molecule has 0 amide bonds. The van der Waals surface area contributed by atoms with Crippen molar-refractivity contribution >= 4 is 0 Å². The Labute approximate surface area is 126 Å². The van der Waals surface area contributed by atoms with Gasteiger partial charge in [-0.25, -0.2) is 0 Å². The Balaban J connectivity index is 2.04. The second-order valence-electron chi connectivity index (χ2n) is 6.29. The molecule has 1 rings (SSSR count). The molecule has 0 saturated carbocycles. The Morgan fingerprint density at radius 2 is 1.00 bits per heavy atom. The van der Waals surface area contributed by atoms with Crippen molar-refractivity contribution in [2.45, 2.75) is 103 Å². The number of unbranched alkanes of at least 4 members (excludes halogenated alkanes) is 9. The fraction of sp³-hybridized carbons (Fsp3) is 1.00. The van der Waals surface area contributed by atoms with Gasteiger partial charge in [-0.05, 0) is 12.8 Å². The van der Waals surface area contributed by atoms with Crippen molar-refractivity contribution in [1.82, 2.24) is 0 Å². The first-order valence-corrected chi connectivity index (χ1v) is 9.11. The molecule has 0 unspecified atom stereocenters. The van der Waals surface area contributed by atoms with E-state index in [4.69, 9.17) is 9.47 Å². The summed E-state index contributed by atoms with van der Waals surface area (Å²) in [5.74, 6) is -0.211. The SMILES string of the molecule is CCCCCCCCCCC1(CCCCC)OCCO1. The van der Waals surface area contributed by atoms with Gasteiger partial charge in [-0.1, -0.05) is 71.6 Å². The van der Waals surface area contributed by atoms with Crippen LogP contribution in [0, 0.1) is 0 Å². The first kappa shape index (κ1) is 18.0. The monoisotopic (exact) mass is 284 g/mol. The van der Waals surface area contributed by atoms with E-state index in [9.17, 15) is 0 Å². The smallest absolute Gasteiger partial charge is 0.168 e. The number of hydrogen-bond acceptors (Lipinski definition) is 2. The van der Waals surface area contributed by atoms with Crippen LogP contribution in [-0.2, 0) is 9.47 Å². The zero-order valence-electron chi connectivity index (χ0n) is 13.9. The summed E-state index contributed by atoms with van der Waals surface area (Å²) in [6.45, 7) is 6.12. The molecule has 0 aromatic rings. The third-order valence-corrected chi connectivity index (χ3v) is 4.39.